The van der Waals surface area contributed by atoms with E-state index in [1.165, 1.54) is 0 Å². The second-order valence-corrected chi connectivity index (χ2v) is 1.51. The summed E-state index contributed by atoms with van der Waals surface area (Å²) in [5.41, 5.74) is 0.132. The Labute approximate surface area is 49.4 Å². The zero-order chi connectivity index (χ0) is 6.57. The number of nitrogens with one attached hydrogen (secondary N) is 1. The van der Waals surface area contributed by atoms with E-state index in [9.17, 15) is 4.79 Å². The second kappa shape index (κ2) is 3.36. The van der Waals surface area contributed by atoms with Gasteiger partial charge >= 0.3 is 0 Å². The van der Waals surface area contributed by atoms with Gasteiger partial charge in [-0.2, -0.15) is 0 Å². The summed E-state index contributed by atoms with van der Waals surface area (Å²) in [6.45, 7) is 5.15. The maximum absolute atomic E-state index is 10.5. The molecular formula is C6H10NO. The van der Waals surface area contributed by atoms with Crippen molar-refractivity contribution in [1.82, 2.24) is 0 Å². The van der Waals surface area contributed by atoms with Gasteiger partial charge in [0.1, 0.15) is 0 Å². The molecule has 0 amide bonds. The third-order valence-corrected chi connectivity index (χ3v) is 0.908. The molecule has 45 valence electrons. The van der Waals surface area contributed by atoms with E-state index in [1.54, 1.807) is 6.92 Å². The van der Waals surface area contributed by atoms with Gasteiger partial charge in [-0.15, -0.1) is 0 Å². The van der Waals surface area contributed by atoms with Crippen LogP contribution in [0.5, 0.6) is 0 Å². The number of rotatable bonds is 3. The first-order valence-electron chi connectivity index (χ1n) is 2.62. The molecule has 8 heavy (non-hydrogen) atoms. The molecule has 0 aliphatic carbocycles. The van der Waals surface area contributed by atoms with Gasteiger partial charge in [-0.3, -0.25) is 4.79 Å². The highest BCUT2D eigenvalue weighted by Gasteiger charge is 2.01. The van der Waals surface area contributed by atoms with Crippen LogP contribution >= 0.6 is 0 Å². The molecule has 0 heterocycles. The van der Waals surface area contributed by atoms with Gasteiger partial charge in [0.05, 0.1) is 5.71 Å². The van der Waals surface area contributed by atoms with E-state index in [2.05, 4.69) is 6.92 Å². The van der Waals surface area contributed by atoms with Gasteiger partial charge in [-0.1, -0.05) is 6.92 Å². The number of carbonyl (C=O) groups is 1. The van der Waals surface area contributed by atoms with Crippen LogP contribution in [-0.2, 0) is 4.79 Å². The maximum Gasteiger partial charge on any atom is 0.176 e. The Bertz CT molecular complexity index is 93.1. The van der Waals surface area contributed by atoms with E-state index in [1.807, 2.05) is 0 Å². The van der Waals surface area contributed by atoms with Crippen molar-refractivity contribution in [3.05, 3.63) is 6.92 Å². The first kappa shape index (κ1) is 7.34. The molecule has 0 aliphatic heterocycles. The molecule has 0 unspecified atom stereocenters. The van der Waals surface area contributed by atoms with E-state index in [4.69, 9.17) is 5.41 Å². The van der Waals surface area contributed by atoms with Crippen molar-refractivity contribution in [2.75, 3.05) is 0 Å². The minimum Gasteiger partial charge on any atom is -0.302 e. The molecule has 0 aliphatic rings. The molecule has 0 saturated heterocycles. The summed E-state index contributed by atoms with van der Waals surface area (Å²) in [4.78, 5) is 10.5. The minimum absolute atomic E-state index is 0.0972. The maximum atomic E-state index is 10.5. The first-order chi connectivity index (χ1) is 3.72. The van der Waals surface area contributed by atoms with Gasteiger partial charge < -0.3 is 5.41 Å². The van der Waals surface area contributed by atoms with Crippen LogP contribution in [-0.4, -0.2) is 11.5 Å². The number of hydrogen-bond donors (Lipinski definition) is 1. The molecule has 1 radical (unpaired) electrons. The predicted octanol–water partition coefficient (Wildman–Crippen LogP) is 1.21. The summed E-state index contributed by atoms with van der Waals surface area (Å²) < 4.78 is 0. The Kier molecular flexibility index (Phi) is 3.08. The highest BCUT2D eigenvalue weighted by Crippen LogP contribution is 1.86. The van der Waals surface area contributed by atoms with E-state index in [0.717, 1.165) is 0 Å². The lowest BCUT2D eigenvalue weighted by atomic mass is 10.1. The Balaban J connectivity index is 3.64. The molecular weight excluding hydrogens is 102 g/mol. The van der Waals surface area contributed by atoms with Crippen LogP contribution in [0.15, 0.2) is 0 Å². The standard InChI is InChI=1S/C6H10NO/c1-3-5(7)6(8)4-2/h7H,1,3-4H2,2H3. The lowest BCUT2D eigenvalue weighted by Crippen LogP contribution is -2.09. The Morgan fingerprint density at radius 2 is 2.25 bits per heavy atom. The van der Waals surface area contributed by atoms with Crippen LogP contribution in [0.4, 0.5) is 0 Å². The summed E-state index contributed by atoms with van der Waals surface area (Å²) in [6, 6.07) is 0. The molecule has 0 aromatic heterocycles. The van der Waals surface area contributed by atoms with Crippen LogP contribution in [0.3, 0.4) is 0 Å². The van der Waals surface area contributed by atoms with Gasteiger partial charge in [0.15, 0.2) is 5.78 Å². The molecule has 0 aromatic rings. The van der Waals surface area contributed by atoms with Crippen molar-refractivity contribution in [3.8, 4) is 0 Å². The molecule has 1 N–H and O–H groups in total. The molecule has 0 bridgehead atoms. The molecule has 0 aromatic carbocycles. The average Bonchev–Trinajstić information content (AvgIpc) is 1.84. The van der Waals surface area contributed by atoms with Crippen molar-refractivity contribution in [2.45, 2.75) is 19.8 Å². The van der Waals surface area contributed by atoms with Gasteiger partial charge in [-0.05, 0) is 13.3 Å². The highest BCUT2D eigenvalue weighted by atomic mass is 16.1. The van der Waals surface area contributed by atoms with Crippen LogP contribution in [0.1, 0.15) is 19.8 Å². The van der Waals surface area contributed by atoms with E-state index in [-0.39, 0.29) is 11.5 Å². The SMILES string of the molecule is [CH2]CC(=N)C(=O)CC. The minimum atomic E-state index is -0.0972. The van der Waals surface area contributed by atoms with Crippen LogP contribution < -0.4 is 0 Å². The lowest BCUT2D eigenvalue weighted by Gasteiger charge is -1.91. The van der Waals surface area contributed by atoms with Gasteiger partial charge in [0.2, 0.25) is 0 Å². The third-order valence-electron chi connectivity index (χ3n) is 0.908. The van der Waals surface area contributed by atoms with E-state index in [0.29, 0.717) is 12.8 Å². The molecule has 2 nitrogen and oxygen atoms in total. The Morgan fingerprint density at radius 1 is 1.75 bits per heavy atom. The predicted molar refractivity (Wildman–Crippen MR) is 33.0 cm³/mol. The lowest BCUT2D eigenvalue weighted by molar-refractivity contribution is -0.112. The molecule has 2 heteroatoms. The number of hydrogen-bond acceptors (Lipinski definition) is 2. The van der Waals surface area contributed by atoms with Gasteiger partial charge in [0.25, 0.3) is 0 Å². The third kappa shape index (κ3) is 1.87. The van der Waals surface area contributed by atoms with Crippen molar-refractivity contribution in [3.63, 3.8) is 0 Å². The first-order valence-corrected chi connectivity index (χ1v) is 2.62. The molecule has 0 saturated carbocycles. The molecule has 0 atom stereocenters. The second-order valence-electron chi connectivity index (χ2n) is 1.51. The summed E-state index contributed by atoms with van der Waals surface area (Å²) in [5.74, 6) is -0.0972. The van der Waals surface area contributed by atoms with Crippen molar-refractivity contribution >= 4 is 11.5 Å². The van der Waals surface area contributed by atoms with Gasteiger partial charge in [-0.25, -0.2) is 0 Å². The zero-order valence-corrected chi connectivity index (χ0v) is 5.03. The number of carbonyl (C=O) groups excluding carboxylic acids is 1. The van der Waals surface area contributed by atoms with Crippen LogP contribution in [0.25, 0.3) is 0 Å². The fourth-order valence-corrected chi connectivity index (χ4v) is 0.353. The summed E-state index contributed by atoms with van der Waals surface area (Å²) in [6.07, 6.45) is 0.737. The Hall–Kier alpha value is -0.660. The average molecular weight is 112 g/mol. The van der Waals surface area contributed by atoms with Crippen molar-refractivity contribution in [1.29, 1.82) is 5.41 Å². The van der Waals surface area contributed by atoms with E-state index < -0.39 is 0 Å². The number of Topliss-reactive ketones (excluding diaryl/α,β-unsaturated/α-hetero) is 1. The van der Waals surface area contributed by atoms with Crippen molar-refractivity contribution in [2.24, 2.45) is 0 Å². The summed E-state index contributed by atoms with van der Waals surface area (Å²) in [7, 11) is 0. The smallest absolute Gasteiger partial charge is 0.176 e. The molecule has 0 rings (SSSR count). The van der Waals surface area contributed by atoms with E-state index >= 15 is 0 Å². The normalized spacial score (nSPS) is 8.75. The monoisotopic (exact) mass is 112 g/mol. The fraction of sp³-hybridized carbons (Fsp3) is 0.500. The van der Waals surface area contributed by atoms with Crippen molar-refractivity contribution < 1.29 is 4.79 Å². The highest BCUT2D eigenvalue weighted by molar-refractivity contribution is 6.38. The Morgan fingerprint density at radius 3 is 2.38 bits per heavy atom. The number of ketones is 1. The fourth-order valence-electron chi connectivity index (χ4n) is 0.353. The van der Waals surface area contributed by atoms with Crippen LogP contribution in [0, 0.1) is 12.3 Å². The zero-order valence-electron chi connectivity index (χ0n) is 5.03. The molecule has 0 spiro atoms. The van der Waals surface area contributed by atoms with Gasteiger partial charge in [0, 0.05) is 6.42 Å². The van der Waals surface area contributed by atoms with Crippen LogP contribution in [0.2, 0.25) is 0 Å². The summed E-state index contributed by atoms with van der Waals surface area (Å²) in [5, 5.41) is 6.93. The summed E-state index contributed by atoms with van der Waals surface area (Å²) >= 11 is 0. The largest absolute Gasteiger partial charge is 0.302 e. The molecule has 0 fully saturated rings. The quantitative estimate of drug-likeness (QED) is 0.548. The topological polar surface area (TPSA) is 40.9 Å².